The van der Waals surface area contributed by atoms with Crippen molar-refractivity contribution in [1.82, 2.24) is 9.88 Å². The third kappa shape index (κ3) is 6.32. The van der Waals surface area contributed by atoms with E-state index in [0.29, 0.717) is 18.9 Å². The van der Waals surface area contributed by atoms with Crippen LogP contribution in [0.5, 0.6) is 5.75 Å². The number of oxazole rings is 1. The largest absolute Gasteiger partial charge is 0.493 e. The third-order valence-corrected chi connectivity index (χ3v) is 7.21. The smallest absolute Gasteiger partial charge is 0.310 e. The van der Waals surface area contributed by atoms with Crippen molar-refractivity contribution in [3.8, 4) is 17.2 Å². The molecule has 1 fully saturated rings. The van der Waals surface area contributed by atoms with Gasteiger partial charge in [-0.15, -0.1) is 0 Å². The first kappa shape index (κ1) is 25.7. The molecule has 0 amide bonds. The Balaban J connectivity index is 1.17. The summed E-state index contributed by atoms with van der Waals surface area (Å²) in [7, 11) is 1.47. The van der Waals surface area contributed by atoms with Crippen LogP contribution in [0.3, 0.4) is 0 Å². The Morgan fingerprint density at radius 2 is 1.68 bits per heavy atom. The zero-order valence-electron chi connectivity index (χ0n) is 22.0. The first-order chi connectivity index (χ1) is 18.6. The van der Waals surface area contributed by atoms with Crippen LogP contribution in [0.15, 0.2) is 89.3 Å². The fourth-order valence-electron chi connectivity index (χ4n) is 5.17. The number of esters is 1. The monoisotopic (exact) mass is 510 g/mol. The molecule has 0 aliphatic carbocycles. The maximum absolute atomic E-state index is 12.3. The highest BCUT2D eigenvalue weighted by Gasteiger charge is 2.36. The fraction of sp³-hybridized carbons (Fsp3) is 0.312. The zero-order valence-corrected chi connectivity index (χ0v) is 22.0. The lowest BCUT2D eigenvalue weighted by Gasteiger charge is -2.24. The Morgan fingerprint density at radius 3 is 2.39 bits per heavy atom. The second kappa shape index (κ2) is 12.1. The van der Waals surface area contributed by atoms with Crippen LogP contribution >= 0.6 is 0 Å². The quantitative estimate of drug-likeness (QED) is 0.248. The van der Waals surface area contributed by atoms with Gasteiger partial charge >= 0.3 is 5.97 Å². The molecule has 1 aromatic heterocycles. The van der Waals surface area contributed by atoms with Gasteiger partial charge in [0, 0.05) is 31.1 Å². The average Bonchev–Trinajstić information content (AvgIpc) is 3.53. The van der Waals surface area contributed by atoms with Gasteiger partial charge < -0.3 is 13.9 Å². The van der Waals surface area contributed by atoms with Crippen LogP contribution < -0.4 is 4.74 Å². The van der Waals surface area contributed by atoms with Gasteiger partial charge in [-0.1, -0.05) is 60.7 Å². The summed E-state index contributed by atoms with van der Waals surface area (Å²) in [5, 5.41) is 0. The topological polar surface area (TPSA) is 64.8 Å². The number of benzene rings is 3. The van der Waals surface area contributed by atoms with Crippen molar-refractivity contribution in [3.63, 3.8) is 0 Å². The standard InChI is InChI=1S/C32H34N2O4/c1-23-30(33-31(38-23)26-11-7-4-8-12-26)17-18-37-29-15-13-24(14-16-29)19-28-20-27(32(35)36-2)22-34(28)21-25-9-5-3-6-10-25/h3-16,27-28H,17-22H2,1-2H3/t27-,28-/m1/s1. The van der Waals surface area contributed by atoms with E-state index in [4.69, 9.17) is 13.9 Å². The van der Waals surface area contributed by atoms with Gasteiger partial charge in [0.1, 0.15) is 11.5 Å². The average molecular weight is 511 g/mol. The molecule has 0 saturated carbocycles. The van der Waals surface area contributed by atoms with Crippen molar-refractivity contribution in [3.05, 3.63) is 108 Å². The molecule has 0 unspecified atom stereocenters. The van der Waals surface area contributed by atoms with E-state index in [-0.39, 0.29) is 17.9 Å². The second-order valence-electron chi connectivity index (χ2n) is 9.86. The summed E-state index contributed by atoms with van der Waals surface area (Å²) in [5.74, 6) is 2.10. The molecule has 2 heterocycles. The summed E-state index contributed by atoms with van der Waals surface area (Å²) in [6.45, 7) is 4.02. The Labute approximate surface area is 224 Å². The molecule has 1 saturated heterocycles. The molecule has 4 aromatic rings. The van der Waals surface area contributed by atoms with Crippen LogP contribution in [0.4, 0.5) is 0 Å². The number of likely N-dealkylation sites (tertiary alicyclic amines) is 1. The molecule has 2 atom stereocenters. The first-order valence-electron chi connectivity index (χ1n) is 13.2. The summed E-state index contributed by atoms with van der Waals surface area (Å²) in [6, 6.07) is 28.9. The normalized spacial score (nSPS) is 17.4. The molecule has 5 rings (SSSR count). The summed E-state index contributed by atoms with van der Waals surface area (Å²) in [5.41, 5.74) is 4.37. The molecular formula is C32H34N2O4. The van der Waals surface area contributed by atoms with Gasteiger partial charge in [-0.05, 0) is 55.2 Å². The molecule has 196 valence electrons. The van der Waals surface area contributed by atoms with Crippen molar-refractivity contribution in [1.29, 1.82) is 0 Å². The lowest BCUT2D eigenvalue weighted by atomic mass is 9.99. The number of hydrogen-bond donors (Lipinski definition) is 0. The molecule has 0 N–H and O–H groups in total. The van der Waals surface area contributed by atoms with E-state index < -0.39 is 0 Å². The summed E-state index contributed by atoms with van der Waals surface area (Å²) < 4.78 is 16.9. The number of aromatic nitrogens is 1. The van der Waals surface area contributed by atoms with E-state index in [1.165, 1.54) is 18.2 Å². The van der Waals surface area contributed by atoms with Crippen molar-refractivity contribution in [2.24, 2.45) is 5.92 Å². The number of ether oxygens (including phenoxy) is 2. The van der Waals surface area contributed by atoms with Gasteiger partial charge in [0.2, 0.25) is 5.89 Å². The van der Waals surface area contributed by atoms with Crippen LogP contribution in [0.2, 0.25) is 0 Å². The number of carbonyl (C=O) groups is 1. The minimum absolute atomic E-state index is 0.0845. The summed E-state index contributed by atoms with van der Waals surface area (Å²) in [6.07, 6.45) is 2.36. The SMILES string of the molecule is COC(=O)[C@@H]1C[C@@H](Cc2ccc(OCCc3nc(-c4ccccc4)oc3C)cc2)N(Cc2ccccc2)C1. The highest BCUT2D eigenvalue weighted by atomic mass is 16.5. The highest BCUT2D eigenvalue weighted by molar-refractivity contribution is 5.73. The van der Waals surface area contributed by atoms with Gasteiger partial charge in [-0.3, -0.25) is 9.69 Å². The zero-order chi connectivity index (χ0) is 26.3. The van der Waals surface area contributed by atoms with E-state index in [1.54, 1.807) is 0 Å². The van der Waals surface area contributed by atoms with Crippen LogP contribution in [0.25, 0.3) is 11.5 Å². The van der Waals surface area contributed by atoms with Crippen LogP contribution in [-0.4, -0.2) is 42.2 Å². The van der Waals surface area contributed by atoms with E-state index in [1.807, 2.05) is 55.5 Å². The van der Waals surface area contributed by atoms with Crippen molar-refractivity contribution in [2.45, 2.75) is 38.8 Å². The Hall–Kier alpha value is -3.90. The molecule has 6 heteroatoms. The number of methoxy groups -OCH3 is 1. The number of rotatable bonds is 10. The van der Waals surface area contributed by atoms with E-state index in [2.05, 4.69) is 46.3 Å². The van der Waals surface area contributed by atoms with Gasteiger partial charge in [-0.25, -0.2) is 4.98 Å². The lowest BCUT2D eigenvalue weighted by Crippen LogP contribution is -2.31. The van der Waals surface area contributed by atoms with E-state index >= 15 is 0 Å². The molecule has 3 aromatic carbocycles. The van der Waals surface area contributed by atoms with Crippen molar-refractivity contribution >= 4 is 5.97 Å². The minimum atomic E-state index is -0.118. The molecule has 0 spiro atoms. The number of aryl methyl sites for hydroxylation is 1. The summed E-state index contributed by atoms with van der Waals surface area (Å²) in [4.78, 5) is 19.3. The van der Waals surface area contributed by atoms with Crippen LogP contribution in [0, 0.1) is 12.8 Å². The van der Waals surface area contributed by atoms with Gasteiger partial charge in [-0.2, -0.15) is 0 Å². The third-order valence-electron chi connectivity index (χ3n) is 7.21. The predicted molar refractivity (Wildman–Crippen MR) is 147 cm³/mol. The molecule has 6 nitrogen and oxygen atoms in total. The Kier molecular flexibility index (Phi) is 8.19. The van der Waals surface area contributed by atoms with Gasteiger partial charge in [0.15, 0.2) is 0 Å². The number of hydrogen-bond acceptors (Lipinski definition) is 6. The Bertz CT molecular complexity index is 1320. The van der Waals surface area contributed by atoms with Crippen LogP contribution in [-0.2, 0) is 28.9 Å². The van der Waals surface area contributed by atoms with E-state index in [9.17, 15) is 4.79 Å². The molecule has 1 aliphatic heterocycles. The maximum atomic E-state index is 12.3. The number of nitrogens with zero attached hydrogens (tertiary/aromatic N) is 2. The van der Waals surface area contributed by atoms with Crippen LogP contribution in [0.1, 0.15) is 29.0 Å². The summed E-state index contributed by atoms with van der Waals surface area (Å²) >= 11 is 0. The highest BCUT2D eigenvalue weighted by Crippen LogP contribution is 2.29. The Morgan fingerprint density at radius 1 is 0.974 bits per heavy atom. The number of carbonyl (C=O) groups excluding carboxylic acids is 1. The van der Waals surface area contributed by atoms with Gasteiger partial charge in [0.25, 0.3) is 0 Å². The van der Waals surface area contributed by atoms with E-state index in [0.717, 1.165) is 48.7 Å². The fourth-order valence-corrected chi connectivity index (χ4v) is 5.17. The first-order valence-corrected chi connectivity index (χ1v) is 13.2. The molecule has 0 bridgehead atoms. The van der Waals surface area contributed by atoms with Crippen molar-refractivity contribution in [2.75, 3.05) is 20.3 Å². The van der Waals surface area contributed by atoms with Gasteiger partial charge in [0.05, 0.1) is 25.3 Å². The maximum Gasteiger partial charge on any atom is 0.310 e. The van der Waals surface area contributed by atoms with Crippen molar-refractivity contribution < 1.29 is 18.7 Å². The molecular weight excluding hydrogens is 476 g/mol. The minimum Gasteiger partial charge on any atom is -0.493 e. The molecule has 1 aliphatic rings. The predicted octanol–water partition coefficient (Wildman–Crippen LogP) is 5.88. The lowest BCUT2D eigenvalue weighted by molar-refractivity contribution is -0.145. The molecule has 38 heavy (non-hydrogen) atoms. The molecule has 0 radical (unpaired) electrons. The second-order valence-corrected chi connectivity index (χ2v) is 9.86.